The Bertz CT molecular complexity index is 1730. The van der Waals surface area contributed by atoms with Crippen molar-refractivity contribution in [2.45, 2.75) is 26.7 Å². The summed E-state index contributed by atoms with van der Waals surface area (Å²) in [6.45, 7) is 3.90. The van der Waals surface area contributed by atoms with Gasteiger partial charge in [-0.15, -0.1) is 0 Å². The fourth-order valence-corrected chi connectivity index (χ4v) is 4.10. The predicted octanol–water partition coefficient (Wildman–Crippen LogP) is 4.19. The van der Waals surface area contributed by atoms with E-state index in [1.165, 1.54) is 0 Å². The molecule has 6 aromatic heterocycles. The second-order valence-corrected chi connectivity index (χ2v) is 8.49. The highest BCUT2D eigenvalue weighted by Crippen LogP contribution is 2.29. The number of carbonyl (C=O) groups excluding carboxylic acids is 1. The van der Waals surface area contributed by atoms with Crippen LogP contribution >= 0.6 is 0 Å². The molecule has 11 heteroatoms. The molecule has 6 heterocycles. The van der Waals surface area contributed by atoms with Gasteiger partial charge in [0.1, 0.15) is 11.0 Å². The first-order valence-electron chi connectivity index (χ1n) is 11.5. The maximum absolute atomic E-state index is 12.0. The van der Waals surface area contributed by atoms with Crippen molar-refractivity contribution < 1.29 is 4.79 Å². The Labute approximate surface area is 205 Å². The molecule has 178 valence electrons. The number of hydrogen-bond acceptors (Lipinski definition) is 7. The first-order valence-corrected chi connectivity index (χ1v) is 11.5. The van der Waals surface area contributed by atoms with Gasteiger partial charge in [0, 0.05) is 24.4 Å². The number of aryl methyl sites for hydroxylation is 1. The lowest BCUT2D eigenvalue weighted by molar-refractivity contribution is -0.116. The maximum atomic E-state index is 12.0. The summed E-state index contributed by atoms with van der Waals surface area (Å²) in [7, 11) is 0. The fourth-order valence-electron chi connectivity index (χ4n) is 4.10. The number of aromatic amines is 2. The van der Waals surface area contributed by atoms with E-state index in [1.54, 1.807) is 31.1 Å². The maximum Gasteiger partial charge on any atom is 0.224 e. The van der Waals surface area contributed by atoms with E-state index in [0.29, 0.717) is 34.8 Å². The lowest BCUT2D eigenvalue weighted by Gasteiger charge is -2.06. The molecule has 0 saturated carbocycles. The van der Waals surface area contributed by atoms with Crippen molar-refractivity contribution in [1.29, 1.82) is 0 Å². The van der Waals surface area contributed by atoms with Gasteiger partial charge in [0.15, 0.2) is 11.5 Å². The van der Waals surface area contributed by atoms with E-state index in [-0.39, 0.29) is 5.91 Å². The molecule has 11 nitrogen and oxygen atoms in total. The van der Waals surface area contributed by atoms with Crippen LogP contribution in [0.4, 0.5) is 5.69 Å². The van der Waals surface area contributed by atoms with Crippen molar-refractivity contribution in [3.63, 3.8) is 0 Å². The van der Waals surface area contributed by atoms with Crippen LogP contribution in [0.15, 0.2) is 55.5 Å². The van der Waals surface area contributed by atoms with Gasteiger partial charge in [-0.3, -0.25) is 19.9 Å². The number of imidazole rings is 2. The van der Waals surface area contributed by atoms with E-state index in [2.05, 4.69) is 35.5 Å². The first kappa shape index (κ1) is 21.6. The molecule has 0 aliphatic rings. The molecule has 3 N–H and O–H groups in total. The molecule has 0 aliphatic carbocycles. The van der Waals surface area contributed by atoms with Crippen LogP contribution in [0.5, 0.6) is 0 Å². The van der Waals surface area contributed by atoms with Crippen molar-refractivity contribution in [1.82, 2.24) is 44.7 Å². The number of aromatic nitrogens is 9. The second-order valence-electron chi connectivity index (χ2n) is 8.49. The summed E-state index contributed by atoms with van der Waals surface area (Å²) in [5, 5.41) is 10.4. The number of fused-ring (bicyclic) bond motifs is 2. The minimum absolute atomic E-state index is 0.0402. The number of pyridine rings is 3. The Balaban J connectivity index is 1.40. The van der Waals surface area contributed by atoms with Crippen molar-refractivity contribution in [2.75, 3.05) is 5.32 Å². The Morgan fingerprint density at radius 3 is 2.78 bits per heavy atom. The summed E-state index contributed by atoms with van der Waals surface area (Å²) in [6, 6.07) is 5.67. The number of H-pyrrole nitrogens is 2. The zero-order valence-corrected chi connectivity index (χ0v) is 19.6. The molecular weight excluding hydrogens is 456 g/mol. The van der Waals surface area contributed by atoms with E-state index in [1.807, 2.05) is 42.8 Å². The van der Waals surface area contributed by atoms with Crippen LogP contribution in [0.2, 0.25) is 0 Å². The Morgan fingerprint density at radius 2 is 1.94 bits per heavy atom. The molecule has 0 aromatic carbocycles. The molecule has 0 radical (unpaired) electrons. The summed E-state index contributed by atoms with van der Waals surface area (Å²) in [4.78, 5) is 37.9. The average Bonchev–Trinajstić information content (AvgIpc) is 3.61. The quantitative estimate of drug-likeness (QED) is 0.326. The molecule has 36 heavy (non-hydrogen) atoms. The third-order valence-electron chi connectivity index (χ3n) is 5.79. The molecular formula is C25H22N10O. The number of rotatable bonds is 6. The van der Waals surface area contributed by atoms with Gasteiger partial charge in [0.25, 0.3) is 0 Å². The zero-order valence-electron chi connectivity index (χ0n) is 19.6. The van der Waals surface area contributed by atoms with Crippen molar-refractivity contribution in [3.05, 3.63) is 61.2 Å². The lowest BCUT2D eigenvalue weighted by Crippen LogP contribution is -2.10. The van der Waals surface area contributed by atoms with E-state index >= 15 is 0 Å². The number of nitrogens with zero attached hydrogens (tertiary/aromatic N) is 7. The van der Waals surface area contributed by atoms with Gasteiger partial charge >= 0.3 is 0 Å². The van der Waals surface area contributed by atoms with Gasteiger partial charge in [-0.25, -0.2) is 15.0 Å². The first-order chi connectivity index (χ1) is 17.6. The average molecular weight is 479 g/mol. The van der Waals surface area contributed by atoms with Crippen molar-refractivity contribution >= 4 is 33.7 Å². The highest BCUT2D eigenvalue weighted by Gasteiger charge is 2.17. The highest BCUT2D eigenvalue weighted by atomic mass is 16.1. The van der Waals surface area contributed by atoms with Crippen LogP contribution in [0.1, 0.15) is 25.5 Å². The fraction of sp³-hybridized carbons (Fsp3) is 0.160. The number of amides is 1. The molecule has 0 bridgehead atoms. The van der Waals surface area contributed by atoms with Crippen molar-refractivity contribution in [3.8, 4) is 28.5 Å². The third-order valence-corrected chi connectivity index (χ3v) is 5.79. The zero-order chi connectivity index (χ0) is 24.6. The minimum Gasteiger partial charge on any atom is -0.335 e. The standard InChI is InChI=1S/C25H22N10O/c1-3-4-21(36)29-16-7-15(8-26-9-16)17-5-6-18-23(30-17)24(34-33-18)25-31-19-10-27-11-20(22(19)32-25)35-12-14(2)28-13-35/h5-13H,3-4H2,1-2H3,(H,29,36)(H,31,32)(H,33,34). The number of nitrogens with one attached hydrogen (secondary N) is 3. The molecule has 1 amide bonds. The molecule has 6 aromatic rings. The molecule has 0 aliphatic heterocycles. The SMILES string of the molecule is CCCC(=O)Nc1cncc(-c2ccc3[nH]nc(-c4nc5c(-n6cnc(C)c6)cncc5[nH]4)c3n2)c1. The topological polar surface area (TPSA) is 143 Å². The number of anilines is 1. The normalized spacial score (nSPS) is 11.4. The van der Waals surface area contributed by atoms with Crippen LogP contribution in [0.3, 0.4) is 0 Å². The summed E-state index contributed by atoms with van der Waals surface area (Å²) in [6.07, 6.45) is 11.7. The lowest BCUT2D eigenvalue weighted by atomic mass is 10.1. The van der Waals surface area contributed by atoms with Crippen LogP contribution in [-0.4, -0.2) is 50.6 Å². The summed E-state index contributed by atoms with van der Waals surface area (Å²) < 4.78 is 1.90. The number of carbonyl (C=O) groups is 1. The van der Waals surface area contributed by atoms with Crippen LogP contribution in [0, 0.1) is 6.92 Å². The summed E-state index contributed by atoms with van der Waals surface area (Å²) >= 11 is 0. The Hall–Kier alpha value is -4.93. The Kier molecular flexibility index (Phi) is 5.21. The largest absolute Gasteiger partial charge is 0.335 e. The van der Waals surface area contributed by atoms with Gasteiger partial charge in [0.05, 0.1) is 58.7 Å². The third kappa shape index (κ3) is 3.86. The van der Waals surface area contributed by atoms with Gasteiger partial charge in [-0.1, -0.05) is 6.92 Å². The molecule has 0 unspecified atom stereocenters. The van der Waals surface area contributed by atoms with Gasteiger partial charge in [-0.05, 0) is 31.5 Å². The molecule has 0 fully saturated rings. The molecule has 0 atom stereocenters. The van der Waals surface area contributed by atoms with E-state index in [4.69, 9.17) is 9.97 Å². The number of hydrogen-bond donors (Lipinski definition) is 3. The van der Waals surface area contributed by atoms with Crippen LogP contribution in [0.25, 0.3) is 50.5 Å². The van der Waals surface area contributed by atoms with Crippen molar-refractivity contribution in [2.24, 2.45) is 0 Å². The predicted molar refractivity (Wildman–Crippen MR) is 135 cm³/mol. The Morgan fingerprint density at radius 1 is 1.06 bits per heavy atom. The summed E-state index contributed by atoms with van der Waals surface area (Å²) in [5.41, 5.74) is 7.41. The summed E-state index contributed by atoms with van der Waals surface area (Å²) in [5.74, 6) is 0.535. The minimum atomic E-state index is -0.0402. The monoisotopic (exact) mass is 478 g/mol. The van der Waals surface area contributed by atoms with Crippen LogP contribution < -0.4 is 5.32 Å². The second kappa shape index (κ2) is 8.69. The smallest absolute Gasteiger partial charge is 0.224 e. The van der Waals surface area contributed by atoms with Gasteiger partial charge in [-0.2, -0.15) is 5.10 Å². The molecule has 0 spiro atoms. The van der Waals surface area contributed by atoms with Crippen LogP contribution in [-0.2, 0) is 4.79 Å². The van der Waals surface area contributed by atoms with Gasteiger partial charge in [0.2, 0.25) is 5.91 Å². The van der Waals surface area contributed by atoms with E-state index in [0.717, 1.165) is 39.9 Å². The highest BCUT2D eigenvalue weighted by molar-refractivity contribution is 5.93. The van der Waals surface area contributed by atoms with E-state index in [9.17, 15) is 4.79 Å². The molecule has 0 saturated heterocycles. The van der Waals surface area contributed by atoms with Gasteiger partial charge < -0.3 is 14.9 Å². The van der Waals surface area contributed by atoms with E-state index < -0.39 is 0 Å². The molecule has 6 rings (SSSR count).